The summed E-state index contributed by atoms with van der Waals surface area (Å²) >= 11 is 0. The minimum absolute atomic E-state index is 0.213. The summed E-state index contributed by atoms with van der Waals surface area (Å²) in [7, 11) is 0. The Morgan fingerprint density at radius 3 is 2.38 bits per heavy atom. The third-order valence-electron chi connectivity index (χ3n) is 1.65. The van der Waals surface area contributed by atoms with Crippen molar-refractivity contribution in [3.63, 3.8) is 0 Å². The van der Waals surface area contributed by atoms with Crippen molar-refractivity contribution in [1.29, 1.82) is 0 Å². The number of aromatic nitrogens is 1. The van der Waals surface area contributed by atoms with Crippen LogP contribution in [0, 0.1) is 0 Å². The zero-order valence-electron chi connectivity index (χ0n) is 7.23. The molecule has 13 heavy (non-hydrogen) atoms. The molecule has 0 bridgehead atoms. The first kappa shape index (κ1) is 10.0. The van der Waals surface area contributed by atoms with E-state index in [4.69, 9.17) is 0 Å². The van der Waals surface area contributed by atoms with Crippen molar-refractivity contribution in [2.24, 2.45) is 0 Å². The highest BCUT2D eigenvalue weighted by atomic mass is 19.4. The van der Waals surface area contributed by atoms with Crippen LogP contribution in [0.2, 0.25) is 0 Å². The number of rotatable bonds is 2. The van der Waals surface area contributed by atoms with Crippen LogP contribution < -0.4 is 0 Å². The van der Waals surface area contributed by atoms with Gasteiger partial charge in [-0.15, -0.1) is 0 Å². The largest absolute Gasteiger partial charge is 0.393 e. The van der Waals surface area contributed by atoms with Gasteiger partial charge in [-0.3, -0.25) is 4.98 Å². The molecule has 72 valence electrons. The first-order valence-corrected chi connectivity index (χ1v) is 4.02. The molecule has 0 N–H and O–H groups in total. The van der Waals surface area contributed by atoms with E-state index in [9.17, 15) is 13.2 Å². The SMILES string of the molecule is CCc1ccc(CC(F)(F)F)cn1. The number of aryl methyl sites for hydroxylation is 1. The molecule has 0 atom stereocenters. The Morgan fingerprint density at radius 2 is 2.00 bits per heavy atom. The first-order chi connectivity index (χ1) is 6.01. The van der Waals surface area contributed by atoms with Gasteiger partial charge in [0, 0.05) is 11.9 Å². The van der Waals surface area contributed by atoms with Gasteiger partial charge in [0.15, 0.2) is 0 Å². The maximum absolute atomic E-state index is 11.9. The fraction of sp³-hybridized carbons (Fsp3) is 0.444. The predicted octanol–water partition coefficient (Wildman–Crippen LogP) is 2.75. The van der Waals surface area contributed by atoms with Crippen LogP contribution in [0.3, 0.4) is 0 Å². The Hall–Kier alpha value is -1.06. The average molecular weight is 189 g/mol. The van der Waals surface area contributed by atoms with Gasteiger partial charge < -0.3 is 0 Å². The van der Waals surface area contributed by atoms with Gasteiger partial charge in [0.2, 0.25) is 0 Å². The molecule has 1 aromatic rings. The first-order valence-electron chi connectivity index (χ1n) is 4.02. The fourth-order valence-corrected chi connectivity index (χ4v) is 1.00. The highest BCUT2D eigenvalue weighted by Gasteiger charge is 2.27. The van der Waals surface area contributed by atoms with Crippen LogP contribution in [-0.4, -0.2) is 11.2 Å². The van der Waals surface area contributed by atoms with Crippen LogP contribution in [0.15, 0.2) is 18.3 Å². The zero-order chi connectivity index (χ0) is 9.90. The normalized spacial score (nSPS) is 11.7. The van der Waals surface area contributed by atoms with E-state index < -0.39 is 12.6 Å². The lowest BCUT2D eigenvalue weighted by molar-refractivity contribution is -0.127. The Bertz CT molecular complexity index is 263. The van der Waals surface area contributed by atoms with Gasteiger partial charge in [-0.05, 0) is 18.1 Å². The minimum atomic E-state index is -4.14. The molecule has 1 heterocycles. The van der Waals surface area contributed by atoms with Crippen LogP contribution in [0.4, 0.5) is 13.2 Å². The Kier molecular flexibility index (Phi) is 2.90. The molecule has 0 saturated carbocycles. The molecule has 1 aromatic heterocycles. The predicted molar refractivity (Wildman–Crippen MR) is 43.4 cm³/mol. The molecule has 0 aliphatic rings. The van der Waals surface area contributed by atoms with E-state index in [1.807, 2.05) is 6.92 Å². The van der Waals surface area contributed by atoms with Crippen molar-refractivity contribution in [2.75, 3.05) is 0 Å². The quantitative estimate of drug-likeness (QED) is 0.697. The smallest absolute Gasteiger partial charge is 0.261 e. The van der Waals surface area contributed by atoms with E-state index in [2.05, 4.69) is 4.98 Å². The van der Waals surface area contributed by atoms with Crippen LogP contribution in [0.5, 0.6) is 0 Å². The fourth-order valence-electron chi connectivity index (χ4n) is 1.00. The summed E-state index contributed by atoms with van der Waals surface area (Å²) in [5.41, 5.74) is 1.02. The van der Waals surface area contributed by atoms with Gasteiger partial charge in [-0.1, -0.05) is 13.0 Å². The average Bonchev–Trinajstić information content (AvgIpc) is 2.03. The second-order valence-electron chi connectivity index (χ2n) is 2.80. The van der Waals surface area contributed by atoms with Crippen molar-refractivity contribution in [2.45, 2.75) is 25.9 Å². The Balaban J connectivity index is 2.70. The number of halogens is 3. The standard InChI is InChI=1S/C9H10F3N/c1-2-8-4-3-7(6-13-8)5-9(10,11)12/h3-4,6H,2,5H2,1H3. The summed E-state index contributed by atoms with van der Waals surface area (Å²) in [6.07, 6.45) is -3.02. The Morgan fingerprint density at radius 1 is 1.31 bits per heavy atom. The van der Waals surface area contributed by atoms with Crippen molar-refractivity contribution < 1.29 is 13.2 Å². The third kappa shape index (κ3) is 3.44. The molecular weight excluding hydrogens is 179 g/mol. The van der Waals surface area contributed by atoms with Gasteiger partial charge in [0.1, 0.15) is 0 Å². The lowest BCUT2D eigenvalue weighted by atomic mass is 10.2. The topological polar surface area (TPSA) is 12.9 Å². The molecule has 0 radical (unpaired) electrons. The van der Waals surface area contributed by atoms with Crippen molar-refractivity contribution >= 4 is 0 Å². The van der Waals surface area contributed by atoms with E-state index in [0.29, 0.717) is 0 Å². The second kappa shape index (κ2) is 3.77. The summed E-state index contributed by atoms with van der Waals surface area (Å²) in [6, 6.07) is 3.10. The molecule has 0 aromatic carbocycles. The monoisotopic (exact) mass is 189 g/mol. The van der Waals surface area contributed by atoms with Gasteiger partial charge in [0.05, 0.1) is 6.42 Å². The Labute approximate surface area is 74.6 Å². The van der Waals surface area contributed by atoms with Crippen LogP contribution in [0.1, 0.15) is 18.2 Å². The summed E-state index contributed by atoms with van der Waals surface area (Å²) in [5.74, 6) is 0. The number of hydrogen-bond acceptors (Lipinski definition) is 1. The highest BCUT2D eigenvalue weighted by molar-refractivity contribution is 5.14. The number of pyridine rings is 1. The summed E-state index contributed by atoms with van der Waals surface area (Å²) in [6.45, 7) is 1.91. The van der Waals surface area contributed by atoms with Gasteiger partial charge in [-0.2, -0.15) is 13.2 Å². The van der Waals surface area contributed by atoms with E-state index in [1.165, 1.54) is 12.3 Å². The second-order valence-corrected chi connectivity index (χ2v) is 2.80. The highest BCUT2D eigenvalue weighted by Crippen LogP contribution is 2.20. The molecule has 0 amide bonds. The van der Waals surface area contributed by atoms with Gasteiger partial charge >= 0.3 is 6.18 Å². The molecule has 1 rings (SSSR count). The zero-order valence-corrected chi connectivity index (χ0v) is 7.23. The molecular formula is C9H10F3N. The maximum atomic E-state index is 11.9. The maximum Gasteiger partial charge on any atom is 0.393 e. The molecule has 0 aliphatic heterocycles. The van der Waals surface area contributed by atoms with Crippen molar-refractivity contribution in [3.05, 3.63) is 29.6 Å². The van der Waals surface area contributed by atoms with Crippen LogP contribution in [-0.2, 0) is 12.8 Å². The van der Waals surface area contributed by atoms with E-state index >= 15 is 0 Å². The summed E-state index contributed by atoms with van der Waals surface area (Å²) < 4.78 is 35.7. The van der Waals surface area contributed by atoms with Crippen molar-refractivity contribution in [3.8, 4) is 0 Å². The third-order valence-corrected chi connectivity index (χ3v) is 1.65. The van der Waals surface area contributed by atoms with E-state index in [-0.39, 0.29) is 5.56 Å². The number of hydrogen-bond donors (Lipinski definition) is 0. The molecule has 4 heteroatoms. The van der Waals surface area contributed by atoms with Crippen LogP contribution in [0.25, 0.3) is 0 Å². The van der Waals surface area contributed by atoms with Gasteiger partial charge in [0.25, 0.3) is 0 Å². The molecule has 0 fully saturated rings. The molecule has 0 spiro atoms. The minimum Gasteiger partial charge on any atom is -0.261 e. The lowest BCUT2D eigenvalue weighted by Crippen LogP contribution is -2.11. The molecule has 0 saturated heterocycles. The molecule has 0 unspecified atom stereocenters. The van der Waals surface area contributed by atoms with Crippen molar-refractivity contribution in [1.82, 2.24) is 4.98 Å². The van der Waals surface area contributed by atoms with E-state index in [0.717, 1.165) is 12.1 Å². The number of alkyl halides is 3. The summed E-state index contributed by atoms with van der Waals surface area (Å²) in [4.78, 5) is 3.88. The van der Waals surface area contributed by atoms with Crippen LogP contribution >= 0.6 is 0 Å². The molecule has 1 nitrogen and oxygen atoms in total. The van der Waals surface area contributed by atoms with E-state index in [1.54, 1.807) is 6.07 Å². The van der Waals surface area contributed by atoms with Gasteiger partial charge in [-0.25, -0.2) is 0 Å². The number of nitrogens with zero attached hydrogens (tertiary/aromatic N) is 1. The summed E-state index contributed by atoms with van der Waals surface area (Å²) in [5, 5.41) is 0. The lowest BCUT2D eigenvalue weighted by Gasteiger charge is -2.05. The molecule has 0 aliphatic carbocycles.